The molecule has 7 nitrogen and oxygen atoms in total. The van der Waals surface area contributed by atoms with E-state index in [-0.39, 0.29) is 5.82 Å². The summed E-state index contributed by atoms with van der Waals surface area (Å²) in [5, 5.41) is 0.719. The Morgan fingerprint density at radius 1 is 1.03 bits per heavy atom. The molecular weight excluding hydrogens is 395 g/mol. The van der Waals surface area contributed by atoms with E-state index >= 15 is 0 Å². The van der Waals surface area contributed by atoms with Crippen molar-refractivity contribution in [2.75, 3.05) is 26.2 Å². The number of nitrogens with one attached hydrogen (secondary N) is 2. The maximum absolute atomic E-state index is 14.0. The number of amides is 1. The molecule has 1 amide bonds. The van der Waals surface area contributed by atoms with Gasteiger partial charge in [0.1, 0.15) is 11.5 Å². The molecule has 1 aromatic carbocycles. The highest BCUT2D eigenvalue weighted by Crippen LogP contribution is 2.34. The van der Waals surface area contributed by atoms with Gasteiger partial charge in [0.05, 0.1) is 11.2 Å². The van der Waals surface area contributed by atoms with Crippen LogP contribution in [0.15, 0.2) is 54.1 Å². The summed E-state index contributed by atoms with van der Waals surface area (Å²) >= 11 is 0. The summed E-state index contributed by atoms with van der Waals surface area (Å²) < 4.78 is 16.3. The highest BCUT2D eigenvalue weighted by molar-refractivity contribution is 5.91. The Hall–Kier alpha value is -3.00. The van der Waals surface area contributed by atoms with Crippen LogP contribution in [-0.2, 0) is 4.79 Å². The molecule has 2 aliphatic heterocycles. The first kappa shape index (κ1) is 19.9. The van der Waals surface area contributed by atoms with E-state index in [0.29, 0.717) is 17.8 Å². The summed E-state index contributed by atoms with van der Waals surface area (Å²) in [6.07, 6.45) is 10.3. The average Bonchev–Trinajstić information content (AvgIpc) is 3.25. The number of primary amides is 1. The first-order chi connectivity index (χ1) is 15.1. The lowest BCUT2D eigenvalue weighted by molar-refractivity contribution is -0.115. The van der Waals surface area contributed by atoms with Gasteiger partial charge in [0.2, 0.25) is 0 Å². The van der Waals surface area contributed by atoms with Gasteiger partial charge >= 0.3 is 0 Å². The van der Waals surface area contributed by atoms with Crippen LogP contribution in [0.25, 0.3) is 10.9 Å². The maximum atomic E-state index is 14.0. The van der Waals surface area contributed by atoms with Crippen molar-refractivity contribution in [3.05, 3.63) is 59.9 Å². The predicted octanol–water partition coefficient (Wildman–Crippen LogP) is 2.20. The van der Waals surface area contributed by atoms with Crippen molar-refractivity contribution in [3.63, 3.8) is 0 Å². The molecule has 2 aromatic rings. The molecule has 31 heavy (non-hydrogen) atoms. The number of aromatic nitrogens is 1. The Kier molecular flexibility index (Phi) is 5.31. The molecule has 1 saturated carbocycles. The second-order valence-electron chi connectivity index (χ2n) is 8.64. The van der Waals surface area contributed by atoms with Crippen molar-refractivity contribution in [3.8, 4) is 0 Å². The van der Waals surface area contributed by atoms with Crippen LogP contribution in [0, 0.1) is 5.82 Å². The Morgan fingerprint density at radius 3 is 2.52 bits per heavy atom. The van der Waals surface area contributed by atoms with Gasteiger partial charge in [0.25, 0.3) is 5.91 Å². The molecule has 0 spiro atoms. The fourth-order valence-electron chi connectivity index (χ4n) is 5.24. The Balaban J connectivity index is 1.17. The van der Waals surface area contributed by atoms with Crippen LogP contribution >= 0.6 is 0 Å². The predicted molar refractivity (Wildman–Crippen MR) is 118 cm³/mol. The van der Waals surface area contributed by atoms with Crippen LogP contribution in [0.2, 0.25) is 0 Å². The molecule has 4 N–H and O–H groups in total. The first-order valence-electron chi connectivity index (χ1n) is 11.1. The molecule has 1 aromatic heterocycles. The third kappa shape index (κ3) is 3.87. The number of allylic oxidation sites excluding steroid dienone is 1. The van der Waals surface area contributed by atoms with Crippen LogP contribution in [0.4, 0.5) is 4.39 Å². The molecule has 0 radical (unpaired) electrons. The van der Waals surface area contributed by atoms with Gasteiger partial charge in [-0.2, -0.15) is 0 Å². The summed E-state index contributed by atoms with van der Waals surface area (Å²) in [5.74, 6) is -0.605. The minimum atomic E-state index is -0.466. The molecule has 3 aliphatic rings. The summed E-state index contributed by atoms with van der Waals surface area (Å²) in [7, 11) is 0. The second-order valence-corrected chi connectivity index (χ2v) is 8.64. The molecule has 0 atom stereocenters. The molecule has 5 rings (SSSR count). The Labute approximate surface area is 181 Å². The van der Waals surface area contributed by atoms with Crippen molar-refractivity contribution < 1.29 is 9.18 Å². The van der Waals surface area contributed by atoms with Crippen molar-refractivity contribution in [1.29, 1.82) is 0 Å². The van der Waals surface area contributed by atoms with E-state index in [1.54, 1.807) is 6.07 Å². The molecule has 2 fully saturated rings. The number of hydrogen-bond donors (Lipinski definition) is 3. The average molecular weight is 425 g/mol. The minimum Gasteiger partial charge on any atom is -0.368 e. The quantitative estimate of drug-likeness (QED) is 0.701. The zero-order valence-corrected chi connectivity index (χ0v) is 17.6. The molecule has 1 aliphatic carbocycles. The summed E-state index contributed by atoms with van der Waals surface area (Å²) in [6.45, 7) is 3.88. The van der Waals surface area contributed by atoms with E-state index in [1.807, 2.05) is 30.6 Å². The molecule has 0 unspecified atom stereocenters. The molecule has 8 heteroatoms. The molecule has 0 bridgehead atoms. The standard InChI is InChI=1S/C23H29FN6O/c24-20-2-1-3-22-19(20)8-9-30(22)17-6-4-16(5-7-17)28-10-12-29(13-11-28)18-14-21(23(25)31)27-26-15-18/h1-3,8-9,14-17,26-27H,4-7,10-13H2,(H2,25,31). The van der Waals surface area contributed by atoms with E-state index in [2.05, 4.69) is 25.2 Å². The number of rotatable bonds is 4. The van der Waals surface area contributed by atoms with E-state index < -0.39 is 5.91 Å². The fraction of sp³-hybridized carbons (Fsp3) is 0.435. The maximum Gasteiger partial charge on any atom is 0.266 e. The fourth-order valence-corrected chi connectivity index (χ4v) is 5.24. The number of benzene rings is 1. The second kappa shape index (κ2) is 8.26. The minimum absolute atomic E-state index is 0.139. The topological polar surface area (TPSA) is 78.6 Å². The van der Waals surface area contributed by atoms with Gasteiger partial charge in [-0.05, 0) is 50.0 Å². The van der Waals surface area contributed by atoms with E-state index in [9.17, 15) is 9.18 Å². The smallest absolute Gasteiger partial charge is 0.266 e. The normalized spacial score (nSPS) is 24.9. The highest BCUT2D eigenvalue weighted by atomic mass is 19.1. The number of piperazine rings is 1. The van der Waals surface area contributed by atoms with Crippen molar-refractivity contribution >= 4 is 16.8 Å². The molecule has 1 saturated heterocycles. The summed E-state index contributed by atoms with van der Waals surface area (Å²) in [5.41, 5.74) is 13.4. The number of hydrazine groups is 1. The van der Waals surface area contributed by atoms with Gasteiger partial charge in [0.15, 0.2) is 0 Å². The van der Waals surface area contributed by atoms with Crippen LogP contribution in [0.1, 0.15) is 31.7 Å². The first-order valence-corrected chi connectivity index (χ1v) is 11.1. The van der Waals surface area contributed by atoms with E-state index in [0.717, 1.165) is 55.6 Å². The van der Waals surface area contributed by atoms with Gasteiger partial charge in [-0.3, -0.25) is 15.1 Å². The summed E-state index contributed by atoms with van der Waals surface area (Å²) in [6, 6.07) is 8.30. The van der Waals surface area contributed by atoms with Gasteiger partial charge in [-0.15, -0.1) is 0 Å². The monoisotopic (exact) mass is 424 g/mol. The van der Waals surface area contributed by atoms with Gasteiger partial charge in [-0.1, -0.05) is 6.07 Å². The number of fused-ring (bicyclic) bond motifs is 1. The number of hydrogen-bond acceptors (Lipinski definition) is 5. The largest absolute Gasteiger partial charge is 0.368 e. The van der Waals surface area contributed by atoms with Crippen LogP contribution in [-0.4, -0.2) is 52.5 Å². The third-order valence-corrected chi connectivity index (χ3v) is 6.95. The number of nitrogens with zero attached hydrogens (tertiary/aromatic N) is 3. The van der Waals surface area contributed by atoms with E-state index in [4.69, 9.17) is 5.73 Å². The number of carbonyl (C=O) groups is 1. The van der Waals surface area contributed by atoms with Crippen molar-refractivity contribution in [1.82, 2.24) is 25.2 Å². The molecule has 164 valence electrons. The molecule has 3 heterocycles. The van der Waals surface area contributed by atoms with Gasteiger partial charge < -0.3 is 20.6 Å². The third-order valence-electron chi connectivity index (χ3n) is 6.95. The SMILES string of the molecule is NC(=O)C1=CC(N2CCN(C3CCC(n4ccc5c(F)cccc54)CC3)CC2)=CNN1. The van der Waals surface area contributed by atoms with Crippen LogP contribution in [0.3, 0.4) is 0 Å². The van der Waals surface area contributed by atoms with Crippen LogP contribution < -0.4 is 16.6 Å². The summed E-state index contributed by atoms with van der Waals surface area (Å²) in [4.78, 5) is 16.3. The Bertz CT molecular complexity index is 1030. The van der Waals surface area contributed by atoms with Gasteiger partial charge in [-0.25, -0.2) is 4.39 Å². The zero-order chi connectivity index (χ0) is 21.4. The Morgan fingerprint density at radius 2 is 1.77 bits per heavy atom. The number of carbonyl (C=O) groups excluding carboxylic acids is 1. The lowest BCUT2D eigenvalue weighted by Crippen LogP contribution is -2.51. The number of nitrogens with two attached hydrogens (primary N) is 1. The number of halogens is 1. The lowest BCUT2D eigenvalue weighted by atomic mass is 9.89. The van der Waals surface area contributed by atoms with E-state index in [1.165, 1.54) is 18.9 Å². The van der Waals surface area contributed by atoms with Crippen LogP contribution in [0.5, 0.6) is 0 Å². The molecular formula is C23H29FN6O. The van der Waals surface area contributed by atoms with Crippen molar-refractivity contribution in [2.45, 2.75) is 37.8 Å². The van der Waals surface area contributed by atoms with Gasteiger partial charge in [0, 0.05) is 56.0 Å². The zero-order valence-electron chi connectivity index (χ0n) is 17.6. The highest BCUT2D eigenvalue weighted by Gasteiger charge is 2.30. The lowest BCUT2D eigenvalue weighted by Gasteiger charge is -2.43. The van der Waals surface area contributed by atoms with Crippen molar-refractivity contribution in [2.24, 2.45) is 5.73 Å².